The van der Waals surface area contributed by atoms with Gasteiger partial charge in [-0.2, -0.15) is 0 Å². The minimum atomic E-state index is -0.0552. The van der Waals surface area contributed by atoms with Crippen LogP contribution in [0.1, 0.15) is 19.3 Å². The summed E-state index contributed by atoms with van der Waals surface area (Å²) in [5.41, 5.74) is 1.82. The van der Waals surface area contributed by atoms with E-state index in [1.54, 1.807) is 11.8 Å². The second-order valence-electron chi connectivity index (χ2n) is 7.07. The minimum absolute atomic E-state index is 0.0552. The topological polar surface area (TPSA) is 63.1 Å². The van der Waals surface area contributed by atoms with Gasteiger partial charge in [-0.25, -0.2) is 0 Å². The van der Waals surface area contributed by atoms with Gasteiger partial charge in [-0.3, -0.25) is 9.36 Å². The summed E-state index contributed by atoms with van der Waals surface area (Å²) in [4.78, 5) is 15.9. The Kier molecular flexibility index (Phi) is 6.96. The van der Waals surface area contributed by atoms with E-state index >= 15 is 0 Å². The molecule has 8 heteroatoms. The number of piperidine rings is 1. The van der Waals surface area contributed by atoms with Crippen LogP contribution in [0.25, 0.3) is 5.69 Å². The van der Waals surface area contributed by atoms with Gasteiger partial charge < -0.3 is 10.2 Å². The lowest BCUT2D eigenvalue weighted by molar-refractivity contribution is -0.113. The molecule has 0 spiro atoms. The molecule has 0 bridgehead atoms. The van der Waals surface area contributed by atoms with E-state index < -0.39 is 0 Å². The van der Waals surface area contributed by atoms with Crippen molar-refractivity contribution in [1.29, 1.82) is 0 Å². The molecule has 2 heterocycles. The molecule has 1 amide bonds. The van der Waals surface area contributed by atoms with Gasteiger partial charge in [-0.1, -0.05) is 36.0 Å². The van der Waals surface area contributed by atoms with E-state index in [1.165, 1.54) is 31.0 Å². The van der Waals surface area contributed by atoms with Gasteiger partial charge in [0.2, 0.25) is 11.9 Å². The molecule has 1 aliphatic heterocycles. The molecule has 1 aromatic heterocycles. The van der Waals surface area contributed by atoms with Gasteiger partial charge in [0.05, 0.1) is 11.4 Å². The van der Waals surface area contributed by atoms with Crippen molar-refractivity contribution >= 4 is 41.1 Å². The Morgan fingerprint density at radius 2 is 1.83 bits per heavy atom. The van der Waals surface area contributed by atoms with Gasteiger partial charge in [-0.15, -0.1) is 22.0 Å². The number of anilines is 2. The number of carbonyl (C=O) groups excluding carboxylic acids is 1. The van der Waals surface area contributed by atoms with Gasteiger partial charge in [0, 0.05) is 23.7 Å². The molecule has 3 aromatic rings. The maximum Gasteiger partial charge on any atom is 0.234 e. The highest BCUT2D eigenvalue weighted by molar-refractivity contribution is 7.99. The molecule has 0 radical (unpaired) electrons. The Morgan fingerprint density at radius 1 is 1.03 bits per heavy atom. The number of nitrogens with zero attached hydrogens (tertiary/aromatic N) is 4. The Balaban J connectivity index is 1.50. The van der Waals surface area contributed by atoms with Crippen LogP contribution in [-0.2, 0) is 4.79 Å². The maximum atomic E-state index is 12.5. The Labute approximate surface area is 185 Å². The number of aromatic nitrogens is 3. The fraction of sp³-hybridized carbons (Fsp3) is 0.318. The molecule has 1 fully saturated rings. The number of para-hydroxylation sites is 1. The van der Waals surface area contributed by atoms with E-state index in [4.69, 9.17) is 0 Å². The monoisotopic (exact) mass is 439 g/mol. The first-order chi connectivity index (χ1) is 14.7. The Hall–Kier alpha value is -2.45. The zero-order valence-electron chi connectivity index (χ0n) is 17.0. The lowest BCUT2D eigenvalue weighted by Gasteiger charge is -2.27. The summed E-state index contributed by atoms with van der Waals surface area (Å²) in [5.74, 6) is 1.07. The fourth-order valence-electron chi connectivity index (χ4n) is 3.49. The summed E-state index contributed by atoms with van der Waals surface area (Å²) >= 11 is 3.06. The largest absolute Gasteiger partial charge is 0.341 e. The third kappa shape index (κ3) is 4.99. The number of rotatable bonds is 7. The molecule has 4 rings (SSSR count). The molecule has 1 aliphatic rings. The lowest BCUT2D eigenvalue weighted by atomic mass is 10.1. The zero-order valence-corrected chi connectivity index (χ0v) is 18.6. The molecule has 1 saturated heterocycles. The number of thioether (sulfide) groups is 2. The molecule has 0 atom stereocenters. The van der Waals surface area contributed by atoms with Crippen LogP contribution in [0.5, 0.6) is 0 Å². The van der Waals surface area contributed by atoms with E-state index in [9.17, 15) is 4.79 Å². The molecule has 1 N–H and O–H groups in total. The summed E-state index contributed by atoms with van der Waals surface area (Å²) in [5, 5.41) is 12.6. The second kappa shape index (κ2) is 10.0. The first-order valence-electron chi connectivity index (χ1n) is 10.1. The first-order valence-corrected chi connectivity index (χ1v) is 12.3. The van der Waals surface area contributed by atoms with Crippen molar-refractivity contribution in [1.82, 2.24) is 14.8 Å². The predicted molar refractivity (Wildman–Crippen MR) is 125 cm³/mol. The fourth-order valence-corrected chi connectivity index (χ4v) is 4.69. The standard InChI is InChI=1S/C22H25N5OS2/c1-29-19-12-8-9-17(15-19)23-20(28)16-30-22-25-24-21(26-13-6-3-7-14-26)27(22)18-10-4-2-5-11-18/h2,4-5,8-12,15H,3,6-7,13-14,16H2,1H3,(H,23,28). The predicted octanol–water partition coefficient (Wildman–Crippen LogP) is 4.71. The molecule has 0 saturated carbocycles. The highest BCUT2D eigenvalue weighted by Gasteiger charge is 2.22. The zero-order chi connectivity index (χ0) is 20.8. The van der Waals surface area contributed by atoms with E-state index in [2.05, 4.69) is 37.1 Å². The van der Waals surface area contributed by atoms with Crippen molar-refractivity contribution in [3.63, 3.8) is 0 Å². The van der Waals surface area contributed by atoms with Crippen LogP contribution in [0, 0.1) is 0 Å². The number of hydrogen-bond acceptors (Lipinski definition) is 6. The molecule has 156 valence electrons. The Bertz CT molecular complexity index is 986. The molecule has 6 nitrogen and oxygen atoms in total. The molecular formula is C22H25N5OS2. The molecule has 0 aliphatic carbocycles. The highest BCUT2D eigenvalue weighted by Crippen LogP contribution is 2.28. The lowest BCUT2D eigenvalue weighted by Crippen LogP contribution is -2.31. The van der Waals surface area contributed by atoms with Gasteiger partial charge in [-0.05, 0) is 55.9 Å². The van der Waals surface area contributed by atoms with Crippen molar-refractivity contribution in [2.45, 2.75) is 29.3 Å². The van der Waals surface area contributed by atoms with E-state index in [1.807, 2.05) is 48.7 Å². The maximum absolute atomic E-state index is 12.5. The summed E-state index contributed by atoms with van der Waals surface area (Å²) in [6.45, 7) is 1.98. The average Bonchev–Trinajstić information content (AvgIpc) is 3.23. The van der Waals surface area contributed by atoms with Crippen molar-refractivity contribution in [3.8, 4) is 5.69 Å². The highest BCUT2D eigenvalue weighted by atomic mass is 32.2. The quantitative estimate of drug-likeness (QED) is 0.538. The number of benzene rings is 2. The van der Waals surface area contributed by atoms with Crippen LogP contribution in [0.4, 0.5) is 11.6 Å². The van der Waals surface area contributed by atoms with E-state index in [0.29, 0.717) is 0 Å². The van der Waals surface area contributed by atoms with Crippen LogP contribution >= 0.6 is 23.5 Å². The van der Waals surface area contributed by atoms with Crippen molar-refractivity contribution < 1.29 is 4.79 Å². The normalized spacial score (nSPS) is 14.0. The second-order valence-corrected chi connectivity index (χ2v) is 8.89. The van der Waals surface area contributed by atoms with Crippen molar-refractivity contribution in [3.05, 3.63) is 54.6 Å². The first kappa shape index (κ1) is 20.8. The van der Waals surface area contributed by atoms with Gasteiger partial charge in [0.15, 0.2) is 5.16 Å². The average molecular weight is 440 g/mol. The third-order valence-electron chi connectivity index (χ3n) is 4.96. The molecule has 2 aromatic carbocycles. The molecule has 30 heavy (non-hydrogen) atoms. The summed E-state index contributed by atoms with van der Waals surface area (Å²) in [6, 6.07) is 18.0. The summed E-state index contributed by atoms with van der Waals surface area (Å²) in [7, 11) is 0. The number of carbonyl (C=O) groups is 1. The Morgan fingerprint density at radius 3 is 2.60 bits per heavy atom. The van der Waals surface area contributed by atoms with Gasteiger partial charge in [0.25, 0.3) is 0 Å². The minimum Gasteiger partial charge on any atom is -0.341 e. The smallest absolute Gasteiger partial charge is 0.234 e. The van der Waals surface area contributed by atoms with Crippen LogP contribution in [0.3, 0.4) is 0 Å². The summed E-state index contributed by atoms with van der Waals surface area (Å²) in [6.07, 6.45) is 5.62. The number of nitrogens with one attached hydrogen (secondary N) is 1. The molecular weight excluding hydrogens is 414 g/mol. The van der Waals surface area contributed by atoms with E-state index in [-0.39, 0.29) is 11.7 Å². The van der Waals surface area contributed by atoms with Crippen LogP contribution in [-0.4, -0.2) is 45.8 Å². The summed E-state index contributed by atoms with van der Waals surface area (Å²) < 4.78 is 2.07. The van der Waals surface area contributed by atoms with Crippen molar-refractivity contribution in [2.24, 2.45) is 0 Å². The van der Waals surface area contributed by atoms with Gasteiger partial charge >= 0.3 is 0 Å². The number of hydrogen-bond donors (Lipinski definition) is 1. The van der Waals surface area contributed by atoms with Crippen LogP contribution in [0.2, 0.25) is 0 Å². The van der Waals surface area contributed by atoms with E-state index in [0.717, 1.165) is 40.5 Å². The number of amides is 1. The van der Waals surface area contributed by atoms with Crippen LogP contribution in [0.15, 0.2) is 64.6 Å². The van der Waals surface area contributed by atoms with Crippen LogP contribution < -0.4 is 10.2 Å². The third-order valence-corrected chi connectivity index (χ3v) is 6.61. The van der Waals surface area contributed by atoms with Gasteiger partial charge in [0.1, 0.15) is 0 Å². The SMILES string of the molecule is CSc1cccc(NC(=O)CSc2nnc(N3CCCCC3)n2-c2ccccc2)c1. The molecule has 0 unspecified atom stereocenters. The van der Waals surface area contributed by atoms with Crippen molar-refractivity contribution in [2.75, 3.05) is 35.3 Å².